The van der Waals surface area contributed by atoms with Crippen LogP contribution in [0.1, 0.15) is 93.4 Å². The highest BCUT2D eigenvalue weighted by atomic mass is 14.6. The zero-order valence-corrected chi connectivity index (χ0v) is 14.7. The maximum atomic E-state index is 2.59. The largest absolute Gasteiger partial charge is 0.0654 e. The van der Waals surface area contributed by atoms with E-state index in [2.05, 4.69) is 48.5 Å². The zero-order valence-electron chi connectivity index (χ0n) is 14.7. The molecule has 0 aromatic heterocycles. The minimum Gasteiger partial charge on any atom is -0.0654 e. The summed E-state index contributed by atoms with van der Waals surface area (Å²) in [6.45, 7) is 17.4. The van der Waals surface area contributed by atoms with Gasteiger partial charge in [0.15, 0.2) is 0 Å². The average molecular weight is 267 g/mol. The van der Waals surface area contributed by atoms with E-state index in [-0.39, 0.29) is 0 Å². The van der Waals surface area contributed by atoms with Gasteiger partial charge < -0.3 is 0 Å². The van der Waals surface area contributed by atoms with Gasteiger partial charge in [-0.3, -0.25) is 0 Å². The lowest BCUT2D eigenvalue weighted by Crippen LogP contribution is -2.41. The number of rotatable bonds is 7. The second-order valence-electron chi connectivity index (χ2n) is 8.06. The van der Waals surface area contributed by atoms with E-state index in [0.29, 0.717) is 10.8 Å². The molecule has 1 aliphatic carbocycles. The van der Waals surface area contributed by atoms with Crippen molar-refractivity contribution in [3.63, 3.8) is 0 Å². The van der Waals surface area contributed by atoms with Crippen molar-refractivity contribution in [1.82, 2.24) is 0 Å². The predicted octanol–water partition coefficient (Wildman–Crippen LogP) is 6.69. The normalized spacial score (nSPS) is 33.3. The lowest BCUT2D eigenvalue weighted by Gasteiger charge is -2.48. The van der Waals surface area contributed by atoms with E-state index in [1.807, 2.05) is 0 Å². The first-order valence-corrected chi connectivity index (χ1v) is 8.81. The maximum absolute atomic E-state index is 2.59. The Labute approximate surface area is 122 Å². The molecule has 4 atom stereocenters. The second-order valence-corrected chi connectivity index (χ2v) is 8.06. The maximum Gasteiger partial charge on any atom is -0.0244 e. The smallest absolute Gasteiger partial charge is 0.0244 e. The van der Waals surface area contributed by atoms with Crippen molar-refractivity contribution in [2.75, 3.05) is 0 Å². The topological polar surface area (TPSA) is 0 Å². The molecule has 114 valence electrons. The van der Waals surface area contributed by atoms with Crippen LogP contribution in [0.15, 0.2) is 0 Å². The molecular weight excluding hydrogens is 228 g/mol. The molecule has 4 unspecified atom stereocenters. The standard InChI is InChI=1S/C19H38/c1-8-10-12-17(11-9-2)16(4)19(7)14-13-15(3)18(19,5)6/h15-17H,8-14H2,1-7H3. The minimum atomic E-state index is 0.505. The Morgan fingerprint density at radius 2 is 1.68 bits per heavy atom. The summed E-state index contributed by atoms with van der Waals surface area (Å²) >= 11 is 0. The molecule has 0 aliphatic heterocycles. The van der Waals surface area contributed by atoms with Crippen molar-refractivity contribution in [1.29, 1.82) is 0 Å². The Bertz CT molecular complexity index is 265. The monoisotopic (exact) mass is 266 g/mol. The van der Waals surface area contributed by atoms with Crippen LogP contribution in [0.2, 0.25) is 0 Å². The highest BCUT2D eigenvalue weighted by Gasteiger charge is 2.53. The van der Waals surface area contributed by atoms with Crippen molar-refractivity contribution in [3.8, 4) is 0 Å². The number of unbranched alkanes of at least 4 members (excludes halogenated alkanes) is 1. The first kappa shape index (κ1) is 17.1. The van der Waals surface area contributed by atoms with Crippen LogP contribution in [0, 0.1) is 28.6 Å². The lowest BCUT2D eigenvalue weighted by molar-refractivity contribution is 0.00459. The molecule has 0 aromatic carbocycles. The van der Waals surface area contributed by atoms with Crippen molar-refractivity contribution in [2.45, 2.75) is 93.4 Å². The molecule has 1 rings (SSSR count). The Morgan fingerprint density at radius 1 is 1.05 bits per heavy atom. The third-order valence-corrected chi connectivity index (χ3v) is 7.10. The van der Waals surface area contributed by atoms with E-state index in [1.54, 1.807) is 0 Å². The Kier molecular flexibility index (Phi) is 5.96. The third kappa shape index (κ3) is 3.19. The summed E-state index contributed by atoms with van der Waals surface area (Å²) in [6, 6.07) is 0. The zero-order chi connectivity index (χ0) is 14.7. The number of hydrogen-bond donors (Lipinski definition) is 0. The van der Waals surface area contributed by atoms with Gasteiger partial charge in [0.05, 0.1) is 0 Å². The van der Waals surface area contributed by atoms with Gasteiger partial charge in [-0.05, 0) is 41.4 Å². The molecule has 0 amide bonds. The summed E-state index contributed by atoms with van der Waals surface area (Å²) in [5.74, 6) is 2.70. The van der Waals surface area contributed by atoms with Gasteiger partial charge in [0, 0.05) is 0 Å². The third-order valence-electron chi connectivity index (χ3n) is 7.10. The van der Waals surface area contributed by atoms with Crippen LogP contribution in [-0.4, -0.2) is 0 Å². The molecule has 0 N–H and O–H groups in total. The molecule has 0 bridgehead atoms. The minimum absolute atomic E-state index is 0.505. The van der Waals surface area contributed by atoms with Gasteiger partial charge in [-0.15, -0.1) is 0 Å². The SMILES string of the molecule is CCCCC(CCC)C(C)C1(C)CCC(C)C1(C)C. The first-order valence-electron chi connectivity index (χ1n) is 8.81. The van der Waals surface area contributed by atoms with E-state index in [0.717, 1.165) is 17.8 Å². The average Bonchev–Trinajstić information content (AvgIpc) is 2.58. The second kappa shape index (κ2) is 6.64. The van der Waals surface area contributed by atoms with E-state index in [9.17, 15) is 0 Å². The molecule has 1 fully saturated rings. The fourth-order valence-electron chi connectivity index (χ4n) is 4.58. The van der Waals surface area contributed by atoms with Crippen LogP contribution in [-0.2, 0) is 0 Å². The fraction of sp³-hybridized carbons (Fsp3) is 1.00. The van der Waals surface area contributed by atoms with Crippen molar-refractivity contribution in [2.24, 2.45) is 28.6 Å². The molecule has 1 aliphatic rings. The predicted molar refractivity (Wildman–Crippen MR) is 87.4 cm³/mol. The Morgan fingerprint density at radius 3 is 2.11 bits per heavy atom. The molecule has 0 heteroatoms. The number of hydrogen-bond acceptors (Lipinski definition) is 0. The van der Waals surface area contributed by atoms with Crippen LogP contribution >= 0.6 is 0 Å². The molecule has 0 radical (unpaired) electrons. The summed E-state index contributed by atoms with van der Waals surface area (Å²) in [5, 5.41) is 0. The van der Waals surface area contributed by atoms with Gasteiger partial charge in [0.2, 0.25) is 0 Å². The summed E-state index contributed by atoms with van der Waals surface area (Å²) in [4.78, 5) is 0. The Hall–Kier alpha value is 0. The van der Waals surface area contributed by atoms with Crippen LogP contribution in [0.3, 0.4) is 0 Å². The molecular formula is C19H38. The molecule has 1 saturated carbocycles. The molecule has 0 heterocycles. The molecule has 0 aromatic rings. The van der Waals surface area contributed by atoms with Crippen LogP contribution in [0.5, 0.6) is 0 Å². The summed E-state index contributed by atoms with van der Waals surface area (Å²) in [6.07, 6.45) is 9.87. The van der Waals surface area contributed by atoms with Crippen LogP contribution in [0.4, 0.5) is 0 Å². The van der Waals surface area contributed by atoms with Gasteiger partial charge in [0.25, 0.3) is 0 Å². The van der Waals surface area contributed by atoms with Gasteiger partial charge in [0.1, 0.15) is 0 Å². The van der Waals surface area contributed by atoms with Crippen molar-refractivity contribution in [3.05, 3.63) is 0 Å². The highest BCUT2D eigenvalue weighted by molar-refractivity contribution is 5.02. The summed E-state index contributed by atoms with van der Waals surface area (Å²) in [5.41, 5.74) is 1.05. The van der Waals surface area contributed by atoms with Crippen LogP contribution < -0.4 is 0 Å². The van der Waals surface area contributed by atoms with E-state index < -0.39 is 0 Å². The fourth-order valence-corrected chi connectivity index (χ4v) is 4.58. The van der Waals surface area contributed by atoms with Crippen LogP contribution in [0.25, 0.3) is 0 Å². The first-order chi connectivity index (χ1) is 8.81. The van der Waals surface area contributed by atoms with Gasteiger partial charge in [-0.2, -0.15) is 0 Å². The van der Waals surface area contributed by atoms with Crippen molar-refractivity contribution >= 4 is 0 Å². The van der Waals surface area contributed by atoms with Crippen molar-refractivity contribution < 1.29 is 0 Å². The lowest BCUT2D eigenvalue weighted by atomic mass is 9.57. The molecule has 0 spiro atoms. The van der Waals surface area contributed by atoms with Gasteiger partial charge in [-0.25, -0.2) is 0 Å². The summed E-state index contributed by atoms with van der Waals surface area (Å²) < 4.78 is 0. The van der Waals surface area contributed by atoms with E-state index in [4.69, 9.17) is 0 Å². The quantitative estimate of drug-likeness (QED) is 0.481. The van der Waals surface area contributed by atoms with Gasteiger partial charge >= 0.3 is 0 Å². The Balaban J connectivity index is 2.85. The molecule has 0 saturated heterocycles. The van der Waals surface area contributed by atoms with E-state index in [1.165, 1.54) is 44.9 Å². The van der Waals surface area contributed by atoms with Gasteiger partial charge in [-0.1, -0.05) is 80.6 Å². The molecule has 0 nitrogen and oxygen atoms in total. The molecule has 19 heavy (non-hydrogen) atoms. The van der Waals surface area contributed by atoms with E-state index >= 15 is 0 Å². The highest BCUT2D eigenvalue weighted by Crippen LogP contribution is 2.61. The summed E-state index contributed by atoms with van der Waals surface area (Å²) in [7, 11) is 0.